The van der Waals surface area contributed by atoms with E-state index in [1.165, 1.54) is 6.33 Å². The molecule has 0 bridgehead atoms. The number of hydrogen-bond donors (Lipinski definition) is 2. The molecule has 0 fully saturated rings. The molecule has 18 heavy (non-hydrogen) atoms. The molecule has 3 aromatic rings. The summed E-state index contributed by atoms with van der Waals surface area (Å²) in [6, 6.07) is 5.18. The Labute approximate surface area is 112 Å². The first-order valence-corrected chi connectivity index (χ1v) is 5.82. The van der Waals surface area contributed by atoms with Crippen LogP contribution in [-0.4, -0.2) is 19.9 Å². The maximum atomic E-state index is 6.12. The van der Waals surface area contributed by atoms with Crippen LogP contribution < -0.4 is 5.73 Å². The number of nitrogens with one attached hydrogen (secondary N) is 1. The number of aromatic amines is 1. The molecule has 0 radical (unpaired) electrons. The van der Waals surface area contributed by atoms with Crippen LogP contribution in [0.15, 0.2) is 24.5 Å². The van der Waals surface area contributed by atoms with Crippen molar-refractivity contribution >= 4 is 40.2 Å². The van der Waals surface area contributed by atoms with Crippen LogP contribution in [0.5, 0.6) is 0 Å². The summed E-state index contributed by atoms with van der Waals surface area (Å²) in [5, 5.41) is 1.08. The maximum Gasteiger partial charge on any atom is 0.183 e. The minimum Gasteiger partial charge on any atom is -0.382 e. The Bertz CT molecular complexity index is 737. The van der Waals surface area contributed by atoms with E-state index >= 15 is 0 Å². The topological polar surface area (TPSA) is 80.5 Å². The number of H-pyrrole nitrogens is 1. The standard InChI is InChI=1S/C11H7Cl2N5/c12-5-1-2-6(7(13)3-5)10-17-8-9(14)15-4-16-11(8)18-10/h1-4H,(H3,14,15,16,17,18). The molecule has 3 N–H and O–H groups in total. The third kappa shape index (κ3) is 1.77. The van der Waals surface area contributed by atoms with Crippen LogP contribution in [0.3, 0.4) is 0 Å². The number of imidazole rings is 1. The van der Waals surface area contributed by atoms with Gasteiger partial charge in [0, 0.05) is 10.6 Å². The Morgan fingerprint density at radius 3 is 2.72 bits per heavy atom. The fourth-order valence-corrected chi connectivity index (χ4v) is 2.15. The summed E-state index contributed by atoms with van der Waals surface area (Å²) in [4.78, 5) is 15.3. The lowest BCUT2D eigenvalue weighted by Gasteiger charge is -2.00. The smallest absolute Gasteiger partial charge is 0.183 e. The van der Waals surface area contributed by atoms with Gasteiger partial charge in [-0.25, -0.2) is 15.0 Å². The van der Waals surface area contributed by atoms with Crippen LogP contribution in [0, 0.1) is 0 Å². The van der Waals surface area contributed by atoms with Crippen LogP contribution in [-0.2, 0) is 0 Å². The van der Waals surface area contributed by atoms with Crippen LogP contribution >= 0.6 is 23.2 Å². The molecule has 90 valence electrons. The largest absolute Gasteiger partial charge is 0.382 e. The Balaban J connectivity index is 2.23. The van der Waals surface area contributed by atoms with E-state index in [9.17, 15) is 0 Å². The second-order valence-corrected chi connectivity index (χ2v) is 4.51. The molecule has 0 saturated carbocycles. The van der Waals surface area contributed by atoms with Crippen molar-refractivity contribution in [1.82, 2.24) is 19.9 Å². The molecule has 3 rings (SSSR count). The fraction of sp³-hybridized carbons (Fsp3) is 0. The Morgan fingerprint density at radius 2 is 2.00 bits per heavy atom. The number of nitrogens with two attached hydrogens (primary N) is 1. The molecule has 2 heterocycles. The van der Waals surface area contributed by atoms with Crippen molar-refractivity contribution in [2.75, 3.05) is 5.73 Å². The number of rotatable bonds is 1. The molecule has 7 heteroatoms. The van der Waals surface area contributed by atoms with Gasteiger partial charge in [0.2, 0.25) is 0 Å². The zero-order valence-electron chi connectivity index (χ0n) is 8.98. The number of nitrogens with zero attached hydrogens (tertiary/aromatic N) is 3. The number of anilines is 1. The molecule has 2 aromatic heterocycles. The van der Waals surface area contributed by atoms with Crippen molar-refractivity contribution in [3.63, 3.8) is 0 Å². The monoisotopic (exact) mass is 279 g/mol. The third-order valence-corrected chi connectivity index (χ3v) is 3.05. The average Bonchev–Trinajstić information content (AvgIpc) is 2.74. The Kier molecular flexibility index (Phi) is 2.57. The van der Waals surface area contributed by atoms with Crippen molar-refractivity contribution in [2.45, 2.75) is 0 Å². The van der Waals surface area contributed by atoms with Gasteiger partial charge in [0.25, 0.3) is 0 Å². The van der Waals surface area contributed by atoms with E-state index in [4.69, 9.17) is 28.9 Å². The minimum atomic E-state index is 0.351. The van der Waals surface area contributed by atoms with E-state index in [1.54, 1.807) is 18.2 Å². The molecule has 5 nitrogen and oxygen atoms in total. The average molecular weight is 280 g/mol. The summed E-state index contributed by atoms with van der Waals surface area (Å²) in [6.45, 7) is 0. The Hall–Kier alpha value is -1.85. The predicted octanol–water partition coefficient (Wildman–Crippen LogP) is 2.91. The van der Waals surface area contributed by atoms with Crippen molar-refractivity contribution in [2.24, 2.45) is 0 Å². The zero-order chi connectivity index (χ0) is 12.7. The molecular formula is C11H7Cl2N5. The number of hydrogen-bond acceptors (Lipinski definition) is 4. The van der Waals surface area contributed by atoms with E-state index in [2.05, 4.69) is 19.9 Å². The van der Waals surface area contributed by atoms with Crippen LogP contribution in [0.25, 0.3) is 22.6 Å². The summed E-state index contributed by atoms with van der Waals surface area (Å²) >= 11 is 12.0. The molecule has 0 spiro atoms. The van der Waals surface area contributed by atoms with Gasteiger partial charge in [0.1, 0.15) is 17.7 Å². The van der Waals surface area contributed by atoms with E-state index in [0.717, 1.165) is 5.56 Å². The lowest BCUT2D eigenvalue weighted by atomic mass is 10.2. The molecule has 0 atom stereocenters. The van der Waals surface area contributed by atoms with Gasteiger partial charge in [-0.1, -0.05) is 23.2 Å². The summed E-state index contributed by atoms with van der Waals surface area (Å²) in [6.07, 6.45) is 1.37. The maximum absolute atomic E-state index is 6.12. The molecule has 0 aliphatic heterocycles. The molecule has 0 unspecified atom stereocenters. The van der Waals surface area contributed by atoms with Gasteiger partial charge in [-0.3, -0.25) is 0 Å². The highest BCUT2D eigenvalue weighted by Crippen LogP contribution is 2.30. The number of fused-ring (bicyclic) bond motifs is 1. The van der Waals surface area contributed by atoms with Crippen molar-refractivity contribution < 1.29 is 0 Å². The zero-order valence-corrected chi connectivity index (χ0v) is 10.5. The summed E-state index contributed by atoms with van der Waals surface area (Å²) < 4.78 is 0. The molecule has 0 aliphatic rings. The van der Waals surface area contributed by atoms with Crippen LogP contribution in [0.2, 0.25) is 10.0 Å². The molecule has 0 saturated heterocycles. The minimum absolute atomic E-state index is 0.351. The van der Waals surface area contributed by atoms with Crippen molar-refractivity contribution in [3.05, 3.63) is 34.6 Å². The first-order valence-electron chi connectivity index (χ1n) is 5.07. The summed E-state index contributed by atoms with van der Waals surface area (Å²) in [5.74, 6) is 0.933. The van der Waals surface area contributed by atoms with Crippen LogP contribution in [0.1, 0.15) is 0 Å². The highest BCUT2D eigenvalue weighted by Gasteiger charge is 2.11. The van der Waals surface area contributed by atoms with E-state index in [-0.39, 0.29) is 0 Å². The van der Waals surface area contributed by atoms with E-state index < -0.39 is 0 Å². The van der Waals surface area contributed by atoms with Gasteiger partial charge >= 0.3 is 0 Å². The van der Waals surface area contributed by atoms with Gasteiger partial charge in [-0.2, -0.15) is 0 Å². The Morgan fingerprint density at radius 1 is 1.17 bits per heavy atom. The number of halogens is 2. The second kappa shape index (κ2) is 4.12. The van der Waals surface area contributed by atoms with E-state index in [0.29, 0.717) is 32.9 Å². The quantitative estimate of drug-likeness (QED) is 0.718. The van der Waals surface area contributed by atoms with Crippen molar-refractivity contribution in [3.8, 4) is 11.4 Å². The van der Waals surface area contributed by atoms with Crippen molar-refractivity contribution in [1.29, 1.82) is 0 Å². The van der Waals surface area contributed by atoms with Gasteiger partial charge in [-0.15, -0.1) is 0 Å². The molecular weight excluding hydrogens is 273 g/mol. The lowest BCUT2D eigenvalue weighted by Crippen LogP contribution is -1.91. The SMILES string of the molecule is Nc1ncnc2nc(-c3ccc(Cl)cc3Cl)[nH]c12. The van der Waals surface area contributed by atoms with Gasteiger partial charge in [0.15, 0.2) is 11.5 Å². The van der Waals surface area contributed by atoms with Gasteiger partial charge < -0.3 is 10.7 Å². The highest BCUT2D eigenvalue weighted by atomic mass is 35.5. The number of benzene rings is 1. The molecule has 1 aromatic carbocycles. The molecule has 0 amide bonds. The second-order valence-electron chi connectivity index (χ2n) is 3.67. The van der Waals surface area contributed by atoms with Gasteiger partial charge in [-0.05, 0) is 18.2 Å². The predicted molar refractivity (Wildman–Crippen MR) is 71.6 cm³/mol. The van der Waals surface area contributed by atoms with E-state index in [1.807, 2.05) is 0 Å². The lowest BCUT2D eigenvalue weighted by molar-refractivity contribution is 1.21. The summed E-state index contributed by atoms with van der Waals surface area (Å²) in [7, 11) is 0. The first-order chi connectivity index (χ1) is 8.65. The normalized spacial score (nSPS) is 11.0. The number of aromatic nitrogens is 4. The summed E-state index contributed by atoms with van der Waals surface area (Å²) in [5.41, 5.74) is 7.57. The van der Waals surface area contributed by atoms with Gasteiger partial charge in [0.05, 0.1) is 5.02 Å². The first kappa shape index (κ1) is 11.3. The van der Waals surface area contributed by atoms with Crippen LogP contribution in [0.4, 0.5) is 5.82 Å². The molecule has 0 aliphatic carbocycles. The fourth-order valence-electron chi connectivity index (χ4n) is 1.66. The number of nitrogen functional groups attached to an aromatic ring is 1. The third-order valence-electron chi connectivity index (χ3n) is 2.50. The highest BCUT2D eigenvalue weighted by molar-refractivity contribution is 6.36.